The molecule has 0 aromatic heterocycles. The lowest BCUT2D eigenvalue weighted by molar-refractivity contribution is -0.130. The molecule has 24 heavy (non-hydrogen) atoms. The molecule has 1 aliphatic rings. The molecule has 1 aliphatic heterocycles. The van der Waals surface area contributed by atoms with E-state index in [1.54, 1.807) is 0 Å². The Kier molecular flexibility index (Phi) is 6.37. The number of rotatable bonds is 7. The molecule has 2 N–H and O–H groups in total. The Balaban J connectivity index is 1.87. The highest BCUT2D eigenvalue weighted by atomic mass is 16.3. The maximum Gasteiger partial charge on any atom is 0.225 e. The number of aryl methyl sites for hydroxylation is 1. The zero-order valence-corrected chi connectivity index (χ0v) is 14.8. The second-order valence-electron chi connectivity index (χ2n) is 6.70. The highest BCUT2D eigenvalue weighted by molar-refractivity contribution is 5.89. The molecule has 2 rings (SSSR count). The largest absolute Gasteiger partial charge is 0.387 e. The molecule has 3 unspecified atom stereocenters. The number of aliphatic hydroxyl groups is 1. The average molecular weight is 332 g/mol. The minimum atomic E-state index is -0.734. The number of likely N-dealkylation sites (tertiary alicyclic amines) is 1. The van der Waals surface area contributed by atoms with Crippen molar-refractivity contribution in [2.75, 3.05) is 13.1 Å². The first-order valence-corrected chi connectivity index (χ1v) is 8.74. The van der Waals surface area contributed by atoms with E-state index in [1.807, 2.05) is 43.0 Å². The van der Waals surface area contributed by atoms with Crippen LogP contribution in [0.3, 0.4) is 0 Å². The van der Waals surface area contributed by atoms with Crippen LogP contribution in [0.5, 0.6) is 0 Å². The summed E-state index contributed by atoms with van der Waals surface area (Å²) in [7, 11) is 0. The Labute approximate surface area is 144 Å². The van der Waals surface area contributed by atoms with E-state index >= 15 is 0 Å². The third kappa shape index (κ3) is 4.35. The topological polar surface area (TPSA) is 69.6 Å². The van der Waals surface area contributed by atoms with E-state index in [1.165, 1.54) is 0 Å². The van der Waals surface area contributed by atoms with Gasteiger partial charge in [-0.05, 0) is 31.4 Å². The van der Waals surface area contributed by atoms with Crippen LogP contribution in [0.4, 0.5) is 0 Å². The van der Waals surface area contributed by atoms with E-state index in [0.717, 1.165) is 24.0 Å². The van der Waals surface area contributed by atoms with Gasteiger partial charge in [-0.1, -0.05) is 37.6 Å². The van der Waals surface area contributed by atoms with Gasteiger partial charge < -0.3 is 15.3 Å². The van der Waals surface area contributed by atoms with Crippen LogP contribution in [0.25, 0.3) is 0 Å². The Morgan fingerprint density at radius 1 is 1.42 bits per heavy atom. The first kappa shape index (κ1) is 18.5. The molecular weight excluding hydrogens is 304 g/mol. The summed E-state index contributed by atoms with van der Waals surface area (Å²) in [5, 5.41) is 13.1. The van der Waals surface area contributed by atoms with E-state index in [0.29, 0.717) is 6.54 Å². The molecule has 1 aromatic rings. The predicted octanol–water partition coefficient (Wildman–Crippen LogP) is 2.18. The Bertz CT molecular complexity index is 588. The number of amides is 2. The van der Waals surface area contributed by atoms with Crippen LogP contribution in [-0.4, -0.2) is 41.0 Å². The van der Waals surface area contributed by atoms with Crippen molar-refractivity contribution in [1.82, 2.24) is 10.2 Å². The third-order valence-electron chi connectivity index (χ3n) is 4.78. The van der Waals surface area contributed by atoms with Crippen molar-refractivity contribution in [3.05, 3.63) is 35.4 Å². The molecule has 0 saturated carbocycles. The van der Waals surface area contributed by atoms with Crippen LogP contribution < -0.4 is 5.32 Å². The average Bonchev–Trinajstić information content (AvgIpc) is 2.95. The maximum atomic E-state index is 12.3. The normalized spacial score (nSPS) is 20.1. The molecule has 0 radical (unpaired) electrons. The molecule has 1 heterocycles. The fourth-order valence-corrected chi connectivity index (χ4v) is 3.32. The Hall–Kier alpha value is -1.88. The van der Waals surface area contributed by atoms with Gasteiger partial charge in [0.2, 0.25) is 11.8 Å². The zero-order valence-electron chi connectivity index (χ0n) is 14.8. The van der Waals surface area contributed by atoms with Crippen LogP contribution in [0.1, 0.15) is 50.3 Å². The van der Waals surface area contributed by atoms with Crippen LogP contribution in [0.2, 0.25) is 0 Å². The van der Waals surface area contributed by atoms with Crippen LogP contribution >= 0.6 is 0 Å². The van der Waals surface area contributed by atoms with Gasteiger partial charge in [-0.25, -0.2) is 0 Å². The molecular formula is C19H28N2O3. The minimum absolute atomic E-state index is 0.0514. The van der Waals surface area contributed by atoms with Gasteiger partial charge in [0.15, 0.2) is 0 Å². The summed E-state index contributed by atoms with van der Waals surface area (Å²) < 4.78 is 0. The SMILES string of the molecule is CCCC(C)N1CC(C(=O)NCC(O)c2ccccc2C)CC1=O. The van der Waals surface area contributed by atoms with Gasteiger partial charge in [0.05, 0.1) is 12.0 Å². The molecule has 1 aromatic carbocycles. The standard InChI is InChI=1S/C19H28N2O3/c1-4-7-14(3)21-12-15(10-18(21)23)19(24)20-11-17(22)16-9-6-5-8-13(16)2/h5-6,8-9,14-15,17,22H,4,7,10-12H2,1-3H3,(H,20,24). The van der Waals surface area contributed by atoms with Gasteiger partial charge in [0, 0.05) is 25.6 Å². The van der Waals surface area contributed by atoms with Gasteiger partial charge in [-0.2, -0.15) is 0 Å². The number of nitrogens with one attached hydrogen (secondary N) is 1. The highest BCUT2D eigenvalue weighted by Gasteiger charge is 2.36. The van der Waals surface area contributed by atoms with Crippen molar-refractivity contribution in [3.63, 3.8) is 0 Å². The smallest absolute Gasteiger partial charge is 0.225 e. The number of hydrogen-bond donors (Lipinski definition) is 2. The summed E-state index contributed by atoms with van der Waals surface area (Å²) in [5.41, 5.74) is 1.81. The van der Waals surface area contributed by atoms with Gasteiger partial charge >= 0.3 is 0 Å². The van der Waals surface area contributed by atoms with Crippen molar-refractivity contribution in [1.29, 1.82) is 0 Å². The van der Waals surface area contributed by atoms with Crippen molar-refractivity contribution in [2.45, 2.75) is 52.2 Å². The summed E-state index contributed by atoms with van der Waals surface area (Å²) in [6.07, 6.45) is 1.50. The second kappa shape index (κ2) is 8.29. The van der Waals surface area contributed by atoms with Crippen LogP contribution in [-0.2, 0) is 9.59 Å². The van der Waals surface area contributed by atoms with Crippen LogP contribution in [0, 0.1) is 12.8 Å². The molecule has 5 nitrogen and oxygen atoms in total. The highest BCUT2D eigenvalue weighted by Crippen LogP contribution is 2.23. The van der Waals surface area contributed by atoms with E-state index < -0.39 is 6.10 Å². The molecule has 0 bridgehead atoms. The minimum Gasteiger partial charge on any atom is -0.387 e. The van der Waals surface area contributed by atoms with Crippen molar-refractivity contribution >= 4 is 11.8 Å². The van der Waals surface area contributed by atoms with Crippen molar-refractivity contribution < 1.29 is 14.7 Å². The van der Waals surface area contributed by atoms with Gasteiger partial charge in [0.1, 0.15) is 0 Å². The van der Waals surface area contributed by atoms with Gasteiger partial charge in [-0.15, -0.1) is 0 Å². The molecule has 0 spiro atoms. The number of hydrogen-bond acceptors (Lipinski definition) is 3. The second-order valence-corrected chi connectivity index (χ2v) is 6.70. The lowest BCUT2D eigenvalue weighted by atomic mass is 10.0. The molecule has 0 aliphatic carbocycles. The summed E-state index contributed by atoms with van der Waals surface area (Å²) in [6, 6.07) is 7.76. The third-order valence-corrected chi connectivity index (χ3v) is 4.78. The molecule has 2 amide bonds. The summed E-state index contributed by atoms with van der Waals surface area (Å²) in [4.78, 5) is 26.3. The Morgan fingerprint density at radius 3 is 2.79 bits per heavy atom. The number of carbonyl (C=O) groups is 2. The zero-order chi connectivity index (χ0) is 17.7. The van der Waals surface area contributed by atoms with E-state index in [4.69, 9.17) is 0 Å². The van der Waals surface area contributed by atoms with Crippen LogP contribution in [0.15, 0.2) is 24.3 Å². The first-order chi connectivity index (χ1) is 11.4. The summed E-state index contributed by atoms with van der Waals surface area (Å²) in [5.74, 6) is -0.418. The van der Waals surface area contributed by atoms with E-state index in [2.05, 4.69) is 12.2 Å². The maximum absolute atomic E-state index is 12.3. The van der Waals surface area contributed by atoms with E-state index in [9.17, 15) is 14.7 Å². The molecule has 1 saturated heterocycles. The Morgan fingerprint density at radius 2 is 2.12 bits per heavy atom. The van der Waals surface area contributed by atoms with Gasteiger partial charge in [0.25, 0.3) is 0 Å². The van der Waals surface area contributed by atoms with Crippen molar-refractivity contribution in [2.24, 2.45) is 5.92 Å². The summed E-state index contributed by atoms with van der Waals surface area (Å²) >= 11 is 0. The predicted molar refractivity (Wildman–Crippen MR) is 93.3 cm³/mol. The number of benzene rings is 1. The molecule has 1 fully saturated rings. The lowest BCUT2D eigenvalue weighted by Crippen LogP contribution is -2.37. The molecule has 3 atom stereocenters. The van der Waals surface area contributed by atoms with E-state index in [-0.39, 0.29) is 36.7 Å². The number of carbonyl (C=O) groups excluding carboxylic acids is 2. The fourth-order valence-electron chi connectivity index (χ4n) is 3.32. The number of aliphatic hydroxyl groups excluding tert-OH is 1. The summed E-state index contributed by atoms with van der Waals surface area (Å²) in [6.45, 7) is 6.70. The quantitative estimate of drug-likeness (QED) is 0.804. The molecule has 132 valence electrons. The number of nitrogens with zero attached hydrogens (tertiary/aromatic N) is 1. The lowest BCUT2D eigenvalue weighted by Gasteiger charge is -2.24. The fraction of sp³-hybridized carbons (Fsp3) is 0.579. The first-order valence-electron chi connectivity index (χ1n) is 8.74. The monoisotopic (exact) mass is 332 g/mol. The van der Waals surface area contributed by atoms with Gasteiger partial charge in [-0.3, -0.25) is 9.59 Å². The molecule has 5 heteroatoms. The van der Waals surface area contributed by atoms with Crippen molar-refractivity contribution in [3.8, 4) is 0 Å².